The van der Waals surface area contributed by atoms with Crippen LogP contribution in [0.4, 0.5) is 0 Å². The van der Waals surface area contributed by atoms with Crippen LogP contribution in [0, 0.1) is 6.92 Å². The summed E-state index contributed by atoms with van der Waals surface area (Å²) >= 11 is 1.57. The summed E-state index contributed by atoms with van der Waals surface area (Å²) in [6.07, 6.45) is -0.544. The van der Waals surface area contributed by atoms with E-state index in [-0.39, 0.29) is 6.42 Å². The maximum Gasteiger partial charge on any atom is 0.306 e. The SMILES string of the molecule is COC(CC(=O)O)Cn1nnnc1-c1cscc1C. The fourth-order valence-corrected chi connectivity index (χ4v) is 2.55. The summed E-state index contributed by atoms with van der Waals surface area (Å²) < 4.78 is 6.72. The number of aromatic nitrogens is 4. The normalized spacial score (nSPS) is 12.5. The molecule has 8 heteroatoms. The van der Waals surface area contributed by atoms with Crippen LogP contribution in [0.15, 0.2) is 10.8 Å². The monoisotopic (exact) mass is 282 g/mol. The first kappa shape index (κ1) is 13.6. The lowest BCUT2D eigenvalue weighted by molar-refractivity contribution is -0.139. The van der Waals surface area contributed by atoms with Crippen molar-refractivity contribution in [2.75, 3.05) is 7.11 Å². The van der Waals surface area contributed by atoms with Gasteiger partial charge in [-0.2, -0.15) is 11.3 Å². The molecule has 0 saturated carbocycles. The van der Waals surface area contributed by atoms with Gasteiger partial charge in [0.25, 0.3) is 0 Å². The predicted octanol–water partition coefficient (Wildman–Crippen LogP) is 1.20. The number of rotatable bonds is 6. The smallest absolute Gasteiger partial charge is 0.306 e. The highest BCUT2D eigenvalue weighted by molar-refractivity contribution is 7.08. The molecule has 0 bridgehead atoms. The first-order valence-electron chi connectivity index (χ1n) is 5.65. The van der Waals surface area contributed by atoms with E-state index in [1.165, 1.54) is 7.11 Å². The van der Waals surface area contributed by atoms with Crippen LogP contribution in [0.25, 0.3) is 11.4 Å². The number of hydrogen-bond acceptors (Lipinski definition) is 6. The molecule has 0 amide bonds. The van der Waals surface area contributed by atoms with Crippen LogP contribution in [-0.4, -0.2) is 44.5 Å². The molecule has 2 heterocycles. The van der Waals surface area contributed by atoms with Crippen molar-refractivity contribution in [2.45, 2.75) is 26.0 Å². The van der Waals surface area contributed by atoms with E-state index in [0.717, 1.165) is 11.1 Å². The second-order valence-corrected chi connectivity index (χ2v) is 4.85. The van der Waals surface area contributed by atoms with E-state index < -0.39 is 12.1 Å². The van der Waals surface area contributed by atoms with Gasteiger partial charge in [0.2, 0.25) is 0 Å². The van der Waals surface area contributed by atoms with Crippen molar-refractivity contribution in [3.05, 3.63) is 16.3 Å². The zero-order valence-corrected chi connectivity index (χ0v) is 11.4. The third kappa shape index (κ3) is 3.15. The number of carboxylic acids is 1. The molecule has 102 valence electrons. The summed E-state index contributed by atoms with van der Waals surface area (Å²) in [5.41, 5.74) is 2.05. The summed E-state index contributed by atoms with van der Waals surface area (Å²) in [7, 11) is 1.48. The molecule has 1 atom stereocenters. The summed E-state index contributed by atoms with van der Waals surface area (Å²) in [6.45, 7) is 2.29. The number of tetrazole rings is 1. The van der Waals surface area contributed by atoms with Crippen LogP contribution in [0.3, 0.4) is 0 Å². The minimum atomic E-state index is -0.909. The summed E-state index contributed by atoms with van der Waals surface area (Å²) in [4.78, 5) is 10.7. The van der Waals surface area contributed by atoms with E-state index in [4.69, 9.17) is 9.84 Å². The largest absolute Gasteiger partial charge is 0.481 e. The van der Waals surface area contributed by atoms with Crippen molar-refractivity contribution in [1.29, 1.82) is 0 Å². The molecule has 0 aliphatic rings. The molecule has 2 aromatic heterocycles. The van der Waals surface area contributed by atoms with Crippen molar-refractivity contribution in [3.8, 4) is 11.4 Å². The predicted molar refractivity (Wildman–Crippen MR) is 68.9 cm³/mol. The average molecular weight is 282 g/mol. The van der Waals surface area contributed by atoms with Gasteiger partial charge in [-0.25, -0.2) is 4.68 Å². The second-order valence-electron chi connectivity index (χ2n) is 4.11. The van der Waals surface area contributed by atoms with Crippen LogP contribution in [-0.2, 0) is 16.1 Å². The summed E-state index contributed by atoms with van der Waals surface area (Å²) in [5, 5.41) is 24.3. The van der Waals surface area contributed by atoms with Gasteiger partial charge >= 0.3 is 5.97 Å². The highest BCUT2D eigenvalue weighted by atomic mass is 32.1. The van der Waals surface area contributed by atoms with Gasteiger partial charge in [0, 0.05) is 18.1 Å². The van der Waals surface area contributed by atoms with E-state index in [1.807, 2.05) is 17.7 Å². The van der Waals surface area contributed by atoms with Crippen LogP contribution in [0.1, 0.15) is 12.0 Å². The molecule has 0 aliphatic carbocycles. The third-order valence-corrected chi connectivity index (χ3v) is 3.60. The lowest BCUT2D eigenvalue weighted by atomic mass is 10.2. The molecule has 7 nitrogen and oxygen atoms in total. The fraction of sp³-hybridized carbons (Fsp3) is 0.455. The quantitative estimate of drug-likeness (QED) is 0.856. The second kappa shape index (κ2) is 5.89. The first-order chi connectivity index (χ1) is 9.11. The Morgan fingerprint density at radius 3 is 2.95 bits per heavy atom. The van der Waals surface area contributed by atoms with Crippen molar-refractivity contribution < 1.29 is 14.6 Å². The zero-order valence-electron chi connectivity index (χ0n) is 10.6. The standard InChI is InChI=1S/C11H14N4O3S/c1-7-5-19-6-9(7)11-12-13-14-15(11)4-8(18-2)3-10(16)17/h5-6,8H,3-4H2,1-2H3,(H,16,17). The van der Waals surface area contributed by atoms with Crippen molar-refractivity contribution >= 4 is 17.3 Å². The van der Waals surface area contributed by atoms with E-state index >= 15 is 0 Å². The van der Waals surface area contributed by atoms with Crippen molar-refractivity contribution in [2.24, 2.45) is 0 Å². The first-order valence-corrected chi connectivity index (χ1v) is 6.60. The van der Waals surface area contributed by atoms with Gasteiger partial charge in [0.1, 0.15) is 0 Å². The Kier molecular flexibility index (Phi) is 4.23. The number of hydrogen-bond donors (Lipinski definition) is 1. The lowest BCUT2D eigenvalue weighted by Gasteiger charge is -2.13. The molecule has 0 saturated heterocycles. The molecule has 1 N–H and O–H groups in total. The van der Waals surface area contributed by atoms with Crippen LogP contribution < -0.4 is 0 Å². The molecule has 0 fully saturated rings. The Morgan fingerprint density at radius 1 is 1.58 bits per heavy atom. The van der Waals surface area contributed by atoms with E-state index in [9.17, 15) is 4.79 Å². The molecule has 0 aromatic carbocycles. The number of ether oxygens (including phenoxy) is 1. The Labute approximate surface area is 113 Å². The van der Waals surface area contributed by atoms with Gasteiger partial charge in [0.15, 0.2) is 5.82 Å². The molecule has 19 heavy (non-hydrogen) atoms. The van der Waals surface area contributed by atoms with E-state index in [2.05, 4.69) is 15.5 Å². The lowest BCUT2D eigenvalue weighted by Crippen LogP contribution is -2.23. The number of aryl methyl sites for hydroxylation is 1. The Bertz CT molecular complexity index is 566. The Hall–Kier alpha value is -1.80. The molecule has 0 spiro atoms. The van der Waals surface area contributed by atoms with Gasteiger partial charge in [0.05, 0.1) is 19.1 Å². The fourth-order valence-electron chi connectivity index (χ4n) is 1.72. The molecular weight excluding hydrogens is 268 g/mol. The van der Waals surface area contributed by atoms with Crippen LogP contribution >= 0.6 is 11.3 Å². The average Bonchev–Trinajstić information content (AvgIpc) is 2.96. The zero-order chi connectivity index (χ0) is 13.8. The number of carbonyl (C=O) groups is 1. The van der Waals surface area contributed by atoms with Crippen LogP contribution in [0.2, 0.25) is 0 Å². The van der Waals surface area contributed by atoms with Crippen molar-refractivity contribution in [1.82, 2.24) is 20.2 Å². The molecular formula is C11H14N4O3S. The number of nitrogens with zero attached hydrogens (tertiary/aromatic N) is 4. The Morgan fingerprint density at radius 2 is 2.37 bits per heavy atom. The van der Waals surface area contributed by atoms with Gasteiger partial charge in [-0.3, -0.25) is 4.79 Å². The minimum Gasteiger partial charge on any atom is -0.481 e. The third-order valence-electron chi connectivity index (χ3n) is 2.74. The Balaban J connectivity index is 2.20. The maximum absolute atomic E-state index is 10.7. The number of aliphatic carboxylic acids is 1. The molecule has 0 radical (unpaired) electrons. The highest BCUT2D eigenvalue weighted by Gasteiger charge is 2.18. The molecule has 2 aromatic rings. The highest BCUT2D eigenvalue weighted by Crippen LogP contribution is 2.24. The summed E-state index contributed by atoms with van der Waals surface area (Å²) in [5.74, 6) is -0.278. The number of methoxy groups -OCH3 is 1. The van der Waals surface area contributed by atoms with Crippen LogP contribution in [0.5, 0.6) is 0 Å². The topological polar surface area (TPSA) is 90.1 Å². The molecule has 1 unspecified atom stereocenters. The van der Waals surface area contributed by atoms with E-state index in [0.29, 0.717) is 12.4 Å². The van der Waals surface area contributed by atoms with Gasteiger partial charge in [-0.05, 0) is 28.3 Å². The van der Waals surface area contributed by atoms with Crippen molar-refractivity contribution in [3.63, 3.8) is 0 Å². The molecule has 0 aliphatic heterocycles. The number of carboxylic acid groups (broad SMARTS) is 1. The maximum atomic E-state index is 10.7. The molecule has 2 rings (SSSR count). The van der Waals surface area contributed by atoms with Gasteiger partial charge in [-0.1, -0.05) is 0 Å². The summed E-state index contributed by atoms with van der Waals surface area (Å²) in [6, 6.07) is 0. The minimum absolute atomic E-state index is 0.0849. The van der Waals surface area contributed by atoms with Gasteiger partial charge < -0.3 is 9.84 Å². The van der Waals surface area contributed by atoms with E-state index in [1.54, 1.807) is 16.0 Å². The number of thiophene rings is 1. The van der Waals surface area contributed by atoms with Gasteiger partial charge in [-0.15, -0.1) is 5.10 Å².